The molecule has 0 aliphatic rings. The predicted molar refractivity (Wildman–Crippen MR) is 77.3 cm³/mol. The fraction of sp³-hybridized carbons (Fsp3) is 0.467. The van der Waals surface area contributed by atoms with Gasteiger partial charge < -0.3 is 0 Å². The molecule has 4 heteroatoms. The van der Waals surface area contributed by atoms with E-state index < -0.39 is 5.95 Å². The molecule has 2 rings (SSSR count). The zero-order valence-electron chi connectivity index (χ0n) is 11.8. The lowest BCUT2D eigenvalue weighted by Crippen LogP contribution is -2.02. The first-order valence-electron chi connectivity index (χ1n) is 6.54. The Hall–Kier alpha value is -1.29. The van der Waals surface area contributed by atoms with Crippen LogP contribution in [0.25, 0.3) is 0 Å². The standard InChI is InChI=1S/C15H19FN2S/c1-9(2)15-18-13(8-19-15)5-10(3)12-6-11(4)17-14(16)7-12/h6-10H,5H2,1-4H3. The van der Waals surface area contributed by atoms with Gasteiger partial charge in [-0.3, -0.25) is 0 Å². The minimum atomic E-state index is -0.400. The van der Waals surface area contributed by atoms with Crippen LogP contribution in [-0.2, 0) is 6.42 Å². The van der Waals surface area contributed by atoms with E-state index in [9.17, 15) is 4.39 Å². The molecule has 1 unspecified atom stereocenters. The van der Waals surface area contributed by atoms with Crippen molar-refractivity contribution in [2.24, 2.45) is 0 Å². The number of pyridine rings is 1. The van der Waals surface area contributed by atoms with E-state index in [0.29, 0.717) is 5.92 Å². The fourth-order valence-electron chi connectivity index (χ4n) is 2.05. The van der Waals surface area contributed by atoms with Crippen molar-refractivity contribution in [3.8, 4) is 0 Å². The molecule has 0 aliphatic heterocycles. The average molecular weight is 278 g/mol. The van der Waals surface area contributed by atoms with Gasteiger partial charge in [-0.1, -0.05) is 20.8 Å². The number of aryl methyl sites for hydroxylation is 1. The summed E-state index contributed by atoms with van der Waals surface area (Å²) in [4.78, 5) is 8.40. The molecule has 2 aromatic rings. The lowest BCUT2D eigenvalue weighted by molar-refractivity contribution is 0.573. The van der Waals surface area contributed by atoms with Crippen molar-refractivity contribution < 1.29 is 4.39 Å². The Kier molecular flexibility index (Phi) is 4.30. The highest BCUT2D eigenvalue weighted by Crippen LogP contribution is 2.25. The molecule has 0 aromatic carbocycles. The first kappa shape index (κ1) is 14.1. The van der Waals surface area contributed by atoms with Gasteiger partial charge in [0.15, 0.2) is 0 Å². The Bertz CT molecular complexity index is 543. The molecule has 0 amide bonds. The maximum atomic E-state index is 13.3. The van der Waals surface area contributed by atoms with Gasteiger partial charge in [0.2, 0.25) is 5.95 Å². The third-order valence-electron chi connectivity index (χ3n) is 3.09. The third kappa shape index (κ3) is 3.60. The molecule has 0 radical (unpaired) electrons. The van der Waals surface area contributed by atoms with Crippen LogP contribution in [0, 0.1) is 12.9 Å². The molecule has 0 fully saturated rings. The zero-order valence-corrected chi connectivity index (χ0v) is 12.6. The molecule has 2 nitrogen and oxygen atoms in total. The zero-order chi connectivity index (χ0) is 14.0. The average Bonchev–Trinajstić information content (AvgIpc) is 2.76. The number of thiazole rings is 1. The smallest absolute Gasteiger partial charge is 0.213 e. The maximum absolute atomic E-state index is 13.3. The van der Waals surface area contributed by atoms with E-state index >= 15 is 0 Å². The summed E-state index contributed by atoms with van der Waals surface area (Å²) in [5.41, 5.74) is 2.81. The van der Waals surface area contributed by atoms with Crippen molar-refractivity contribution in [2.75, 3.05) is 0 Å². The van der Waals surface area contributed by atoms with E-state index in [0.717, 1.165) is 23.4 Å². The van der Waals surface area contributed by atoms with Crippen molar-refractivity contribution in [1.82, 2.24) is 9.97 Å². The summed E-state index contributed by atoms with van der Waals surface area (Å²) in [6, 6.07) is 3.47. The largest absolute Gasteiger partial charge is 0.246 e. The minimum Gasteiger partial charge on any atom is -0.246 e. The molecule has 2 heterocycles. The van der Waals surface area contributed by atoms with Crippen molar-refractivity contribution >= 4 is 11.3 Å². The summed E-state index contributed by atoms with van der Waals surface area (Å²) in [5, 5.41) is 3.27. The third-order valence-corrected chi connectivity index (χ3v) is 4.29. The molecule has 1 atom stereocenters. The molecule has 0 aliphatic carbocycles. The highest BCUT2D eigenvalue weighted by Gasteiger charge is 2.12. The Labute approximate surface area is 117 Å². The van der Waals surface area contributed by atoms with Crippen molar-refractivity contribution in [2.45, 2.75) is 46.0 Å². The Morgan fingerprint density at radius 2 is 1.95 bits per heavy atom. The lowest BCUT2D eigenvalue weighted by atomic mass is 9.97. The number of aromatic nitrogens is 2. The van der Waals surface area contributed by atoms with Gasteiger partial charge >= 0.3 is 0 Å². The summed E-state index contributed by atoms with van der Waals surface area (Å²) in [6.07, 6.45) is 0.839. The van der Waals surface area contributed by atoms with Gasteiger partial charge in [-0.15, -0.1) is 11.3 Å². The summed E-state index contributed by atoms with van der Waals surface area (Å²) in [7, 11) is 0. The normalized spacial score (nSPS) is 12.9. The monoisotopic (exact) mass is 278 g/mol. The molecule has 102 valence electrons. The van der Waals surface area contributed by atoms with Crippen LogP contribution in [-0.4, -0.2) is 9.97 Å². The van der Waals surface area contributed by atoms with Crippen LogP contribution >= 0.6 is 11.3 Å². The van der Waals surface area contributed by atoms with Gasteiger partial charge in [-0.25, -0.2) is 9.97 Å². The van der Waals surface area contributed by atoms with E-state index in [1.54, 1.807) is 11.3 Å². The minimum absolute atomic E-state index is 0.248. The van der Waals surface area contributed by atoms with E-state index in [1.807, 2.05) is 13.0 Å². The summed E-state index contributed by atoms with van der Waals surface area (Å²) in [5.74, 6) is 0.316. The van der Waals surface area contributed by atoms with Crippen LogP contribution in [0.15, 0.2) is 17.5 Å². The fourth-order valence-corrected chi connectivity index (χ4v) is 2.90. The van der Waals surface area contributed by atoms with E-state index in [1.165, 1.54) is 11.1 Å². The Morgan fingerprint density at radius 3 is 2.53 bits per heavy atom. The molecule has 0 spiro atoms. The number of halogens is 1. The van der Waals surface area contributed by atoms with Crippen molar-refractivity contribution in [3.63, 3.8) is 0 Å². The molecular formula is C15H19FN2S. The van der Waals surface area contributed by atoms with Gasteiger partial charge in [0.05, 0.1) is 10.7 Å². The summed E-state index contributed by atoms with van der Waals surface area (Å²) >= 11 is 1.70. The Morgan fingerprint density at radius 1 is 1.21 bits per heavy atom. The first-order valence-corrected chi connectivity index (χ1v) is 7.42. The van der Waals surface area contributed by atoms with E-state index in [2.05, 4.69) is 36.1 Å². The predicted octanol–water partition coefficient (Wildman–Crippen LogP) is 4.46. The van der Waals surface area contributed by atoms with Crippen LogP contribution in [0.1, 0.15) is 54.6 Å². The highest BCUT2D eigenvalue weighted by molar-refractivity contribution is 7.09. The molecular weight excluding hydrogens is 259 g/mol. The first-order chi connectivity index (χ1) is 8.95. The topological polar surface area (TPSA) is 25.8 Å². The number of rotatable bonds is 4. The van der Waals surface area contributed by atoms with Crippen LogP contribution in [0.3, 0.4) is 0 Å². The van der Waals surface area contributed by atoms with Gasteiger partial charge in [0.25, 0.3) is 0 Å². The quantitative estimate of drug-likeness (QED) is 0.772. The van der Waals surface area contributed by atoms with Crippen LogP contribution < -0.4 is 0 Å². The second-order valence-electron chi connectivity index (χ2n) is 5.30. The maximum Gasteiger partial charge on any atom is 0.213 e. The molecule has 0 N–H and O–H groups in total. The molecule has 2 aromatic heterocycles. The summed E-state index contributed by atoms with van der Waals surface area (Å²) in [6.45, 7) is 8.21. The summed E-state index contributed by atoms with van der Waals surface area (Å²) < 4.78 is 13.3. The molecule has 0 saturated carbocycles. The van der Waals surface area contributed by atoms with Crippen molar-refractivity contribution in [1.29, 1.82) is 0 Å². The van der Waals surface area contributed by atoms with E-state index in [4.69, 9.17) is 0 Å². The highest BCUT2D eigenvalue weighted by atomic mass is 32.1. The van der Waals surface area contributed by atoms with E-state index in [-0.39, 0.29) is 5.92 Å². The number of hydrogen-bond donors (Lipinski definition) is 0. The second kappa shape index (κ2) is 5.78. The van der Waals surface area contributed by atoms with Gasteiger partial charge in [0.1, 0.15) is 0 Å². The Balaban J connectivity index is 2.13. The number of hydrogen-bond acceptors (Lipinski definition) is 3. The molecule has 0 saturated heterocycles. The molecule has 19 heavy (non-hydrogen) atoms. The van der Waals surface area contributed by atoms with Crippen LogP contribution in [0.5, 0.6) is 0 Å². The SMILES string of the molecule is Cc1cc(C(C)Cc2csc(C(C)C)n2)cc(F)n1. The second-order valence-corrected chi connectivity index (χ2v) is 6.19. The lowest BCUT2D eigenvalue weighted by Gasteiger charge is -2.11. The molecule has 0 bridgehead atoms. The van der Waals surface area contributed by atoms with Crippen LogP contribution in [0.2, 0.25) is 0 Å². The van der Waals surface area contributed by atoms with Crippen LogP contribution in [0.4, 0.5) is 4.39 Å². The van der Waals surface area contributed by atoms with Gasteiger partial charge in [-0.05, 0) is 37.0 Å². The van der Waals surface area contributed by atoms with Gasteiger partial charge in [0, 0.05) is 17.0 Å². The van der Waals surface area contributed by atoms with Crippen molar-refractivity contribution in [3.05, 3.63) is 45.4 Å². The van der Waals surface area contributed by atoms with Gasteiger partial charge in [-0.2, -0.15) is 4.39 Å². The number of nitrogens with zero attached hydrogens (tertiary/aromatic N) is 2.